The van der Waals surface area contributed by atoms with Crippen molar-refractivity contribution in [2.24, 2.45) is 21.5 Å². The van der Waals surface area contributed by atoms with Gasteiger partial charge in [0.1, 0.15) is 12.4 Å². The van der Waals surface area contributed by atoms with E-state index in [0.29, 0.717) is 5.56 Å². The van der Waals surface area contributed by atoms with Crippen LogP contribution in [0.1, 0.15) is 19.4 Å². The number of rotatable bonds is 4. The average molecular weight is 341 g/mol. The van der Waals surface area contributed by atoms with E-state index in [0.717, 1.165) is 11.1 Å². The van der Waals surface area contributed by atoms with Gasteiger partial charge < -0.3 is 11.5 Å². The van der Waals surface area contributed by atoms with Crippen molar-refractivity contribution >= 4 is 11.9 Å². The Bertz CT molecular complexity index is 833. The molecule has 2 aromatic rings. The first-order valence-corrected chi connectivity index (χ1v) is 7.83. The number of nitrogens with zero attached hydrogens (tertiary/aromatic N) is 3. The summed E-state index contributed by atoms with van der Waals surface area (Å²) in [7, 11) is 0. The molecule has 0 atom stereocenters. The number of halogens is 1. The minimum atomic E-state index is -0.780. The molecular weight excluding hydrogens is 321 g/mol. The van der Waals surface area contributed by atoms with E-state index in [9.17, 15) is 4.39 Å². The molecule has 0 aromatic heterocycles. The van der Waals surface area contributed by atoms with E-state index < -0.39 is 5.66 Å². The molecule has 0 aliphatic carbocycles. The van der Waals surface area contributed by atoms with E-state index in [1.54, 1.807) is 12.1 Å². The van der Waals surface area contributed by atoms with Gasteiger partial charge in [-0.25, -0.2) is 9.38 Å². The van der Waals surface area contributed by atoms with Crippen molar-refractivity contribution in [3.63, 3.8) is 0 Å². The quantitative estimate of drug-likeness (QED) is 0.894. The van der Waals surface area contributed by atoms with Crippen LogP contribution in [-0.4, -0.2) is 22.6 Å². The van der Waals surface area contributed by atoms with Crippen molar-refractivity contribution in [3.8, 4) is 11.1 Å². The van der Waals surface area contributed by atoms with Crippen LogP contribution in [0.4, 0.5) is 4.39 Å². The number of guanidine groups is 2. The van der Waals surface area contributed by atoms with Crippen LogP contribution < -0.4 is 11.5 Å². The van der Waals surface area contributed by atoms with Gasteiger partial charge in [-0.3, -0.25) is 4.84 Å². The summed E-state index contributed by atoms with van der Waals surface area (Å²) in [5.41, 5.74) is 12.9. The topological polar surface area (TPSA) is 89.2 Å². The van der Waals surface area contributed by atoms with Gasteiger partial charge in [-0.15, -0.1) is 0 Å². The van der Waals surface area contributed by atoms with Gasteiger partial charge in [0.25, 0.3) is 0 Å². The number of hydrogen-bond donors (Lipinski definition) is 2. The van der Waals surface area contributed by atoms with Crippen molar-refractivity contribution < 1.29 is 9.23 Å². The maximum absolute atomic E-state index is 14.2. The van der Waals surface area contributed by atoms with Crippen LogP contribution in [0.15, 0.2) is 58.5 Å². The Morgan fingerprint density at radius 1 is 1.12 bits per heavy atom. The van der Waals surface area contributed by atoms with Crippen LogP contribution in [0, 0.1) is 5.82 Å². The molecule has 4 N–H and O–H groups in total. The SMILES string of the molecule is CC1(C)N=C(N)N=C(N)N1OCc1ccc(F)c(-c2ccccc2)c1. The fourth-order valence-corrected chi connectivity index (χ4v) is 2.66. The number of hydroxylamine groups is 2. The van der Waals surface area contributed by atoms with Crippen LogP contribution in [0.3, 0.4) is 0 Å². The summed E-state index contributed by atoms with van der Waals surface area (Å²) in [6, 6.07) is 14.2. The maximum atomic E-state index is 14.2. The Morgan fingerprint density at radius 2 is 1.84 bits per heavy atom. The van der Waals surface area contributed by atoms with Gasteiger partial charge >= 0.3 is 0 Å². The van der Waals surface area contributed by atoms with Gasteiger partial charge in [0.2, 0.25) is 11.9 Å². The van der Waals surface area contributed by atoms with Crippen molar-refractivity contribution in [1.82, 2.24) is 5.06 Å². The first-order valence-electron chi connectivity index (χ1n) is 7.83. The van der Waals surface area contributed by atoms with E-state index in [4.69, 9.17) is 16.3 Å². The summed E-state index contributed by atoms with van der Waals surface area (Å²) in [6.45, 7) is 3.80. The van der Waals surface area contributed by atoms with Crippen LogP contribution in [0.5, 0.6) is 0 Å². The predicted molar refractivity (Wildman–Crippen MR) is 95.8 cm³/mol. The fraction of sp³-hybridized carbons (Fsp3) is 0.222. The van der Waals surface area contributed by atoms with Crippen molar-refractivity contribution in [2.75, 3.05) is 0 Å². The second kappa shape index (κ2) is 6.52. The standard InChI is InChI=1S/C18H20FN5O/c1-18(2)23-16(20)22-17(21)24(18)25-11-12-8-9-15(19)14(10-12)13-6-4-3-5-7-13/h3-10H,11H2,1-2H3,(H4,20,21,22,23). The molecule has 0 amide bonds. The Balaban J connectivity index is 1.80. The Kier molecular flexibility index (Phi) is 4.41. The van der Waals surface area contributed by atoms with Crippen LogP contribution in [0.2, 0.25) is 0 Å². The molecule has 1 heterocycles. The number of nitrogens with two attached hydrogens (primary N) is 2. The summed E-state index contributed by atoms with van der Waals surface area (Å²) >= 11 is 0. The summed E-state index contributed by atoms with van der Waals surface area (Å²) < 4.78 is 14.2. The van der Waals surface area contributed by atoms with E-state index in [1.165, 1.54) is 11.1 Å². The summed E-state index contributed by atoms with van der Waals surface area (Å²) in [5, 5.41) is 1.40. The second-order valence-corrected chi connectivity index (χ2v) is 6.18. The van der Waals surface area contributed by atoms with Crippen LogP contribution in [-0.2, 0) is 11.4 Å². The highest BCUT2D eigenvalue weighted by Crippen LogP contribution is 2.25. The first kappa shape index (κ1) is 16.9. The summed E-state index contributed by atoms with van der Waals surface area (Å²) in [4.78, 5) is 13.9. The first-order chi connectivity index (χ1) is 11.9. The van der Waals surface area contributed by atoms with Gasteiger partial charge in [-0.1, -0.05) is 36.4 Å². The van der Waals surface area contributed by atoms with Crippen molar-refractivity contribution in [3.05, 3.63) is 59.9 Å². The van der Waals surface area contributed by atoms with Crippen molar-refractivity contribution in [2.45, 2.75) is 26.1 Å². The third kappa shape index (κ3) is 3.61. The molecule has 0 fully saturated rings. The highest BCUT2D eigenvalue weighted by Gasteiger charge is 2.33. The lowest BCUT2D eigenvalue weighted by Crippen LogP contribution is -2.53. The molecule has 0 bridgehead atoms. The van der Waals surface area contributed by atoms with Gasteiger partial charge in [-0.05, 0) is 37.1 Å². The highest BCUT2D eigenvalue weighted by molar-refractivity contribution is 5.95. The Labute approximate surface area is 145 Å². The molecule has 6 nitrogen and oxygen atoms in total. The van der Waals surface area contributed by atoms with Gasteiger partial charge in [0, 0.05) is 5.56 Å². The van der Waals surface area contributed by atoms with Gasteiger partial charge in [0.15, 0.2) is 5.66 Å². The number of hydrogen-bond acceptors (Lipinski definition) is 6. The van der Waals surface area contributed by atoms with Gasteiger partial charge in [-0.2, -0.15) is 10.1 Å². The lowest BCUT2D eigenvalue weighted by molar-refractivity contribution is -0.166. The molecule has 7 heteroatoms. The van der Waals surface area contributed by atoms with Crippen LogP contribution >= 0.6 is 0 Å². The molecule has 0 saturated carbocycles. The molecular formula is C18H20FN5O. The largest absolute Gasteiger partial charge is 0.368 e. The Hall–Kier alpha value is -2.93. The molecule has 25 heavy (non-hydrogen) atoms. The number of benzene rings is 2. The Morgan fingerprint density at radius 3 is 2.52 bits per heavy atom. The monoisotopic (exact) mass is 341 g/mol. The zero-order chi connectivity index (χ0) is 18.0. The zero-order valence-electron chi connectivity index (χ0n) is 14.1. The van der Waals surface area contributed by atoms with Gasteiger partial charge in [0.05, 0.1) is 0 Å². The molecule has 130 valence electrons. The minimum Gasteiger partial charge on any atom is -0.368 e. The molecule has 3 rings (SSSR count). The normalized spacial score (nSPS) is 16.4. The lowest BCUT2D eigenvalue weighted by Gasteiger charge is -2.36. The number of aliphatic imine (C=N–C) groups is 2. The van der Waals surface area contributed by atoms with E-state index in [2.05, 4.69) is 9.98 Å². The predicted octanol–water partition coefficient (Wildman–Crippen LogP) is 2.61. The summed E-state index contributed by atoms with van der Waals surface area (Å²) in [6.07, 6.45) is 0. The van der Waals surface area contributed by atoms with E-state index in [1.807, 2.05) is 44.2 Å². The molecule has 0 spiro atoms. The average Bonchev–Trinajstić information content (AvgIpc) is 2.55. The lowest BCUT2D eigenvalue weighted by atomic mass is 10.0. The highest BCUT2D eigenvalue weighted by atomic mass is 19.1. The smallest absolute Gasteiger partial charge is 0.226 e. The van der Waals surface area contributed by atoms with E-state index in [-0.39, 0.29) is 24.3 Å². The zero-order valence-corrected chi connectivity index (χ0v) is 14.1. The van der Waals surface area contributed by atoms with Crippen LogP contribution in [0.25, 0.3) is 11.1 Å². The molecule has 0 unspecified atom stereocenters. The second-order valence-electron chi connectivity index (χ2n) is 6.18. The van der Waals surface area contributed by atoms with Crippen molar-refractivity contribution in [1.29, 1.82) is 0 Å². The summed E-state index contributed by atoms with van der Waals surface area (Å²) in [5.74, 6) is -0.0508. The minimum absolute atomic E-state index is 0.107. The van der Waals surface area contributed by atoms with E-state index >= 15 is 0 Å². The molecule has 0 radical (unpaired) electrons. The molecule has 0 saturated heterocycles. The molecule has 1 aliphatic heterocycles. The third-order valence-electron chi connectivity index (χ3n) is 3.80. The fourth-order valence-electron chi connectivity index (χ4n) is 2.66. The molecule has 2 aromatic carbocycles. The molecule has 1 aliphatic rings. The third-order valence-corrected chi connectivity index (χ3v) is 3.80. The maximum Gasteiger partial charge on any atom is 0.226 e.